The van der Waals surface area contributed by atoms with Gasteiger partial charge in [0.05, 0.1) is 27.8 Å². The van der Waals surface area contributed by atoms with Crippen LogP contribution in [0.5, 0.6) is 0 Å². The smallest absolute Gasteiger partial charge is 0.237 e. The van der Waals surface area contributed by atoms with Crippen LogP contribution in [0.15, 0.2) is 158 Å². The van der Waals surface area contributed by atoms with Crippen LogP contribution in [0, 0.1) is 0 Å². The van der Waals surface area contributed by atoms with Crippen LogP contribution in [0.25, 0.3) is 99.1 Å². The third-order valence-corrected chi connectivity index (χ3v) is 11.6. The lowest BCUT2D eigenvalue weighted by molar-refractivity contribution is 0.667. The number of unbranched alkanes of at least 4 members (excludes halogenated alkanes) is 3. The summed E-state index contributed by atoms with van der Waals surface area (Å²) in [6, 6.07) is 54.5. The highest BCUT2D eigenvalue weighted by atomic mass is 15.2. The molecule has 7 aromatic carbocycles. The van der Waals surface area contributed by atoms with Gasteiger partial charge >= 0.3 is 0 Å². The van der Waals surface area contributed by atoms with Crippen LogP contribution in [-0.2, 0) is 6.42 Å². The largest absolute Gasteiger partial charge is 0.309 e. The predicted octanol–water partition coefficient (Wildman–Crippen LogP) is 13.3. The quantitative estimate of drug-likeness (QED) is 0.116. The number of aromatic nitrogens is 5. The topological polar surface area (TPSA) is 48.5 Å². The van der Waals surface area contributed by atoms with E-state index in [0.717, 1.165) is 72.5 Å². The van der Waals surface area contributed by atoms with Crippen molar-refractivity contribution in [2.24, 2.45) is 0 Å². The zero-order valence-corrected chi connectivity index (χ0v) is 31.3. The van der Waals surface area contributed by atoms with Crippen LogP contribution in [0.1, 0.15) is 38.2 Å². The fraction of sp³-hybridized carbons (Fsp3) is 0.118. The third-order valence-electron chi connectivity index (χ3n) is 11.6. The molecule has 0 bridgehead atoms. The van der Waals surface area contributed by atoms with E-state index in [1.54, 1.807) is 0 Å². The van der Waals surface area contributed by atoms with Crippen molar-refractivity contribution in [3.05, 3.63) is 163 Å². The van der Waals surface area contributed by atoms with Crippen molar-refractivity contribution in [3.8, 4) is 22.9 Å². The SMILES string of the molecule is CCCCCCc1ccc(-n2c3ccccc3c3c2c2ccccc2c2c4cccnc4n(-c4nc(-c5ccccc5)c5c(ccc6ccccc65)n4)c23)cc1. The Balaban J connectivity index is 1.28. The average Bonchev–Trinajstić information content (AvgIpc) is 3.79. The van der Waals surface area contributed by atoms with Crippen LogP contribution in [0.3, 0.4) is 0 Å². The van der Waals surface area contributed by atoms with E-state index in [0.29, 0.717) is 5.95 Å². The molecule has 0 N–H and O–H groups in total. The molecule has 0 aliphatic rings. The highest BCUT2D eigenvalue weighted by Crippen LogP contribution is 2.46. The second kappa shape index (κ2) is 13.2. The molecule has 11 aromatic rings. The minimum Gasteiger partial charge on any atom is -0.309 e. The number of aryl methyl sites for hydroxylation is 1. The van der Waals surface area contributed by atoms with Gasteiger partial charge in [0.2, 0.25) is 5.95 Å². The van der Waals surface area contributed by atoms with E-state index in [1.165, 1.54) is 58.3 Å². The minimum absolute atomic E-state index is 0.603. The molecular formula is C51H39N5. The maximum absolute atomic E-state index is 5.55. The van der Waals surface area contributed by atoms with E-state index in [4.69, 9.17) is 15.0 Å². The van der Waals surface area contributed by atoms with Crippen LogP contribution in [0.4, 0.5) is 0 Å². The second-order valence-electron chi connectivity index (χ2n) is 15.0. The zero-order chi connectivity index (χ0) is 37.2. The number of hydrogen-bond acceptors (Lipinski definition) is 3. The van der Waals surface area contributed by atoms with Crippen molar-refractivity contribution in [1.29, 1.82) is 0 Å². The zero-order valence-electron chi connectivity index (χ0n) is 31.3. The number of para-hydroxylation sites is 1. The molecular weight excluding hydrogens is 683 g/mol. The van der Waals surface area contributed by atoms with Crippen molar-refractivity contribution in [3.63, 3.8) is 0 Å². The van der Waals surface area contributed by atoms with Gasteiger partial charge in [-0.15, -0.1) is 0 Å². The summed E-state index contributed by atoms with van der Waals surface area (Å²) in [5, 5.41) is 10.3. The fourth-order valence-corrected chi connectivity index (χ4v) is 9.09. The second-order valence-corrected chi connectivity index (χ2v) is 15.0. The van der Waals surface area contributed by atoms with Gasteiger partial charge < -0.3 is 4.57 Å². The molecule has 0 aliphatic carbocycles. The first kappa shape index (κ1) is 32.6. The van der Waals surface area contributed by atoms with Crippen molar-refractivity contribution in [2.75, 3.05) is 0 Å². The van der Waals surface area contributed by atoms with Gasteiger partial charge in [0.1, 0.15) is 5.65 Å². The molecule has 0 atom stereocenters. The first-order valence-corrected chi connectivity index (χ1v) is 19.9. The summed E-state index contributed by atoms with van der Waals surface area (Å²) < 4.78 is 4.70. The van der Waals surface area contributed by atoms with E-state index in [-0.39, 0.29) is 0 Å². The van der Waals surface area contributed by atoms with Crippen molar-refractivity contribution in [2.45, 2.75) is 39.0 Å². The third kappa shape index (κ3) is 4.97. The van der Waals surface area contributed by atoms with E-state index >= 15 is 0 Å². The van der Waals surface area contributed by atoms with Gasteiger partial charge in [0.15, 0.2) is 0 Å². The molecule has 0 radical (unpaired) electrons. The number of pyridine rings is 1. The van der Waals surface area contributed by atoms with E-state index in [2.05, 4.69) is 162 Å². The molecule has 5 heteroatoms. The summed E-state index contributed by atoms with van der Waals surface area (Å²) in [7, 11) is 0. The average molecular weight is 722 g/mol. The lowest BCUT2D eigenvalue weighted by atomic mass is 9.99. The van der Waals surface area contributed by atoms with Crippen LogP contribution in [-0.4, -0.2) is 24.1 Å². The Hall–Kier alpha value is -6.85. The van der Waals surface area contributed by atoms with Gasteiger partial charge in [-0.2, -0.15) is 0 Å². The monoisotopic (exact) mass is 721 g/mol. The lowest BCUT2D eigenvalue weighted by Gasteiger charge is -2.14. The summed E-state index contributed by atoms with van der Waals surface area (Å²) in [4.78, 5) is 16.1. The van der Waals surface area contributed by atoms with Gasteiger partial charge in [-0.25, -0.2) is 15.0 Å². The molecule has 11 rings (SSSR count). The van der Waals surface area contributed by atoms with Crippen molar-refractivity contribution >= 4 is 76.2 Å². The van der Waals surface area contributed by atoms with Gasteiger partial charge in [0, 0.05) is 49.8 Å². The molecule has 4 aromatic heterocycles. The molecule has 0 fully saturated rings. The van der Waals surface area contributed by atoms with Gasteiger partial charge in [-0.05, 0) is 71.0 Å². The molecule has 4 heterocycles. The normalized spacial score (nSPS) is 12.0. The van der Waals surface area contributed by atoms with Crippen LogP contribution < -0.4 is 0 Å². The standard InChI is InChI=1S/C51H39N5/c1-2-3-4-6-16-33-26-29-36(30-27-33)55-43-25-14-13-23-40(43)46-48(55)39-22-12-11-21-38(39)44-41-24-15-32-52-50(41)56(49(44)46)51-53-42-31-28-34-17-9-10-20-37(34)45(42)47(54-51)35-18-7-5-8-19-35/h5,7-15,17-32H,2-4,6,16H2,1H3. The maximum Gasteiger partial charge on any atom is 0.237 e. The summed E-state index contributed by atoms with van der Waals surface area (Å²) in [6.45, 7) is 2.27. The van der Waals surface area contributed by atoms with Crippen LogP contribution >= 0.6 is 0 Å². The Kier molecular flexibility index (Phi) is 7.66. The number of fused-ring (bicyclic) bond motifs is 13. The van der Waals surface area contributed by atoms with Gasteiger partial charge in [0.25, 0.3) is 0 Å². The molecule has 0 saturated heterocycles. The molecule has 0 amide bonds. The Morgan fingerprint density at radius 3 is 2.07 bits per heavy atom. The van der Waals surface area contributed by atoms with E-state index in [9.17, 15) is 0 Å². The lowest BCUT2D eigenvalue weighted by Crippen LogP contribution is -2.05. The highest BCUT2D eigenvalue weighted by Gasteiger charge is 2.26. The number of benzene rings is 7. The number of rotatable bonds is 8. The Labute approximate surface area is 324 Å². The minimum atomic E-state index is 0.603. The van der Waals surface area contributed by atoms with Gasteiger partial charge in [-0.3, -0.25) is 4.57 Å². The van der Waals surface area contributed by atoms with Crippen molar-refractivity contribution < 1.29 is 0 Å². The molecule has 268 valence electrons. The predicted molar refractivity (Wildman–Crippen MR) is 234 cm³/mol. The highest BCUT2D eigenvalue weighted by molar-refractivity contribution is 6.36. The number of hydrogen-bond donors (Lipinski definition) is 0. The first-order chi connectivity index (χ1) is 27.8. The molecule has 0 saturated carbocycles. The Morgan fingerprint density at radius 1 is 0.500 bits per heavy atom. The maximum atomic E-state index is 5.55. The summed E-state index contributed by atoms with van der Waals surface area (Å²) >= 11 is 0. The van der Waals surface area contributed by atoms with Gasteiger partial charge in [-0.1, -0.05) is 141 Å². The molecule has 0 aliphatic heterocycles. The summed E-state index contributed by atoms with van der Waals surface area (Å²) in [5.74, 6) is 0.603. The van der Waals surface area contributed by atoms with E-state index < -0.39 is 0 Å². The summed E-state index contributed by atoms with van der Waals surface area (Å²) in [5.41, 5.74) is 9.62. The molecule has 56 heavy (non-hydrogen) atoms. The molecule has 0 spiro atoms. The number of nitrogens with zero attached hydrogens (tertiary/aromatic N) is 5. The summed E-state index contributed by atoms with van der Waals surface area (Å²) in [6.07, 6.45) is 8.04. The van der Waals surface area contributed by atoms with Crippen molar-refractivity contribution in [1.82, 2.24) is 24.1 Å². The molecule has 0 unspecified atom stereocenters. The van der Waals surface area contributed by atoms with Crippen LogP contribution in [0.2, 0.25) is 0 Å². The molecule has 5 nitrogen and oxygen atoms in total. The Bertz CT molecular complexity index is 3280. The fourth-order valence-electron chi connectivity index (χ4n) is 9.09. The Morgan fingerprint density at radius 2 is 1.23 bits per heavy atom. The first-order valence-electron chi connectivity index (χ1n) is 19.9. The van der Waals surface area contributed by atoms with E-state index in [1.807, 2.05) is 12.3 Å².